The summed E-state index contributed by atoms with van der Waals surface area (Å²) in [5.74, 6) is -0.478. The van der Waals surface area contributed by atoms with E-state index in [-0.39, 0.29) is 18.9 Å². The van der Waals surface area contributed by atoms with Crippen molar-refractivity contribution in [3.63, 3.8) is 0 Å². The number of nitrogens with zero attached hydrogens (tertiary/aromatic N) is 3. The minimum Gasteiger partial charge on any atom is -0.490 e. The lowest BCUT2D eigenvalue weighted by Crippen LogP contribution is -2.35. The van der Waals surface area contributed by atoms with E-state index < -0.39 is 5.97 Å². The Kier molecular flexibility index (Phi) is 6.38. The van der Waals surface area contributed by atoms with Crippen molar-refractivity contribution < 1.29 is 19.4 Å². The number of hydrogen-bond acceptors (Lipinski definition) is 4. The number of carbonyl (C=O) groups excluding carboxylic acids is 1. The summed E-state index contributed by atoms with van der Waals surface area (Å²) in [6, 6.07) is 3.64. The molecule has 0 aliphatic heterocycles. The summed E-state index contributed by atoms with van der Waals surface area (Å²) < 4.78 is 7.36. The number of imidazole rings is 1. The molecule has 0 saturated carbocycles. The molecule has 2 aromatic heterocycles. The van der Waals surface area contributed by atoms with E-state index in [0.717, 1.165) is 6.42 Å². The smallest absolute Gasteiger partial charge is 0.305 e. The van der Waals surface area contributed by atoms with Crippen molar-refractivity contribution in [3.05, 3.63) is 29.7 Å². The second-order valence-electron chi connectivity index (χ2n) is 5.70. The van der Waals surface area contributed by atoms with E-state index in [1.165, 1.54) is 0 Å². The summed E-state index contributed by atoms with van der Waals surface area (Å²) >= 11 is 0. The van der Waals surface area contributed by atoms with Gasteiger partial charge in [-0.05, 0) is 31.9 Å². The van der Waals surface area contributed by atoms with Gasteiger partial charge in [-0.1, -0.05) is 13.8 Å². The zero-order valence-corrected chi connectivity index (χ0v) is 15.0. The molecule has 0 radical (unpaired) electrons. The first-order valence-electron chi connectivity index (χ1n) is 8.67. The summed E-state index contributed by atoms with van der Waals surface area (Å²) in [4.78, 5) is 30.2. The van der Waals surface area contributed by atoms with Crippen molar-refractivity contribution in [1.29, 1.82) is 0 Å². The molecule has 7 heteroatoms. The molecule has 136 valence electrons. The van der Waals surface area contributed by atoms with Crippen molar-refractivity contribution in [3.8, 4) is 5.75 Å². The van der Waals surface area contributed by atoms with E-state index in [9.17, 15) is 9.59 Å². The number of carboxylic acid groups (broad SMARTS) is 1. The van der Waals surface area contributed by atoms with Crippen LogP contribution in [0.3, 0.4) is 0 Å². The van der Waals surface area contributed by atoms with Gasteiger partial charge < -0.3 is 14.7 Å². The SMILES string of the molecule is CCCN(CCC(=O)O)C(=O)c1c(CC)nc2c(OCC)cccn12. The molecule has 0 saturated heterocycles. The maximum atomic E-state index is 13.1. The summed E-state index contributed by atoms with van der Waals surface area (Å²) in [5.41, 5.74) is 1.78. The molecule has 0 bridgehead atoms. The van der Waals surface area contributed by atoms with E-state index in [1.807, 2.05) is 32.9 Å². The molecule has 0 aliphatic rings. The molecule has 2 aromatic rings. The molecule has 2 heterocycles. The van der Waals surface area contributed by atoms with Crippen LogP contribution in [0.2, 0.25) is 0 Å². The fourth-order valence-corrected chi connectivity index (χ4v) is 2.80. The second kappa shape index (κ2) is 8.50. The molecular weight excluding hydrogens is 322 g/mol. The van der Waals surface area contributed by atoms with Crippen LogP contribution in [0.4, 0.5) is 0 Å². The van der Waals surface area contributed by atoms with Crippen LogP contribution < -0.4 is 4.74 Å². The molecule has 0 unspecified atom stereocenters. The van der Waals surface area contributed by atoms with Gasteiger partial charge in [0.25, 0.3) is 5.91 Å². The zero-order valence-electron chi connectivity index (χ0n) is 15.0. The van der Waals surface area contributed by atoms with Gasteiger partial charge >= 0.3 is 5.97 Å². The number of carbonyl (C=O) groups is 2. The van der Waals surface area contributed by atoms with Crippen LogP contribution in [0.1, 0.15) is 49.8 Å². The van der Waals surface area contributed by atoms with Crippen molar-refractivity contribution in [2.24, 2.45) is 0 Å². The maximum absolute atomic E-state index is 13.1. The predicted molar refractivity (Wildman–Crippen MR) is 94.2 cm³/mol. The van der Waals surface area contributed by atoms with Crippen LogP contribution in [0.5, 0.6) is 5.75 Å². The highest BCUT2D eigenvalue weighted by Gasteiger charge is 2.24. The third kappa shape index (κ3) is 4.10. The van der Waals surface area contributed by atoms with Gasteiger partial charge in [0, 0.05) is 19.3 Å². The normalized spacial score (nSPS) is 10.8. The third-order valence-electron chi connectivity index (χ3n) is 3.90. The highest BCUT2D eigenvalue weighted by atomic mass is 16.5. The van der Waals surface area contributed by atoms with Crippen LogP contribution in [-0.4, -0.2) is 51.0 Å². The Labute approximate surface area is 147 Å². The predicted octanol–water partition coefficient (Wildman–Crippen LogP) is 2.62. The van der Waals surface area contributed by atoms with Gasteiger partial charge in [0.05, 0.1) is 18.7 Å². The van der Waals surface area contributed by atoms with Crippen LogP contribution in [0.15, 0.2) is 18.3 Å². The summed E-state index contributed by atoms with van der Waals surface area (Å²) in [7, 11) is 0. The quantitative estimate of drug-likeness (QED) is 0.754. The van der Waals surface area contributed by atoms with Gasteiger partial charge in [-0.15, -0.1) is 0 Å². The Hall–Kier alpha value is -2.57. The van der Waals surface area contributed by atoms with E-state index >= 15 is 0 Å². The van der Waals surface area contributed by atoms with Gasteiger partial charge in [0.2, 0.25) is 0 Å². The highest BCUT2D eigenvalue weighted by molar-refractivity contribution is 5.95. The molecule has 2 rings (SSSR count). The monoisotopic (exact) mass is 347 g/mol. The molecule has 0 aromatic carbocycles. The second-order valence-corrected chi connectivity index (χ2v) is 5.70. The Bertz CT molecular complexity index is 754. The number of pyridine rings is 1. The molecule has 25 heavy (non-hydrogen) atoms. The largest absolute Gasteiger partial charge is 0.490 e. The fraction of sp³-hybridized carbons (Fsp3) is 0.500. The maximum Gasteiger partial charge on any atom is 0.305 e. The molecular formula is C18H25N3O4. The molecule has 7 nitrogen and oxygen atoms in total. The number of amides is 1. The minimum atomic E-state index is -0.915. The van der Waals surface area contributed by atoms with E-state index in [0.29, 0.717) is 42.4 Å². The lowest BCUT2D eigenvalue weighted by atomic mass is 10.2. The fourth-order valence-electron chi connectivity index (χ4n) is 2.80. The van der Waals surface area contributed by atoms with Crippen molar-refractivity contribution in [1.82, 2.24) is 14.3 Å². The number of aromatic nitrogens is 2. The van der Waals surface area contributed by atoms with Crippen LogP contribution >= 0.6 is 0 Å². The number of carboxylic acids is 1. The Morgan fingerprint density at radius 2 is 2.04 bits per heavy atom. The van der Waals surface area contributed by atoms with Gasteiger partial charge in [-0.2, -0.15) is 0 Å². The molecule has 0 aliphatic carbocycles. The van der Waals surface area contributed by atoms with Gasteiger partial charge in [0.15, 0.2) is 11.4 Å². The van der Waals surface area contributed by atoms with Crippen molar-refractivity contribution in [2.45, 2.75) is 40.0 Å². The lowest BCUT2D eigenvalue weighted by molar-refractivity contribution is -0.137. The van der Waals surface area contributed by atoms with Gasteiger partial charge in [0.1, 0.15) is 5.69 Å². The van der Waals surface area contributed by atoms with E-state index in [4.69, 9.17) is 9.84 Å². The number of aryl methyl sites for hydroxylation is 1. The van der Waals surface area contributed by atoms with Crippen molar-refractivity contribution >= 4 is 17.5 Å². The number of rotatable bonds is 9. The summed E-state index contributed by atoms with van der Waals surface area (Å²) in [6.45, 7) is 7.01. The van der Waals surface area contributed by atoms with Crippen LogP contribution in [-0.2, 0) is 11.2 Å². The molecule has 1 amide bonds. The lowest BCUT2D eigenvalue weighted by Gasteiger charge is -2.21. The summed E-state index contributed by atoms with van der Waals surface area (Å²) in [6.07, 6.45) is 3.08. The molecule has 0 fully saturated rings. The third-order valence-corrected chi connectivity index (χ3v) is 3.90. The van der Waals surface area contributed by atoms with Crippen LogP contribution in [0.25, 0.3) is 5.65 Å². The average Bonchev–Trinajstić information content (AvgIpc) is 2.97. The van der Waals surface area contributed by atoms with Gasteiger partial charge in [-0.25, -0.2) is 4.98 Å². The number of hydrogen-bond donors (Lipinski definition) is 1. The molecule has 0 spiro atoms. The van der Waals surface area contributed by atoms with Gasteiger partial charge in [-0.3, -0.25) is 14.0 Å². The average molecular weight is 347 g/mol. The zero-order chi connectivity index (χ0) is 18.4. The van der Waals surface area contributed by atoms with E-state index in [1.54, 1.807) is 15.5 Å². The highest BCUT2D eigenvalue weighted by Crippen LogP contribution is 2.24. The van der Waals surface area contributed by atoms with Crippen LogP contribution in [0, 0.1) is 0 Å². The standard InChI is InChI=1S/C18H25N3O4/c1-4-10-20(12-9-15(22)23)18(24)16-13(5-2)19-17-14(25-6-3)8-7-11-21(16)17/h7-8,11H,4-6,9-10,12H2,1-3H3,(H,22,23). The molecule has 1 N–H and O–H groups in total. The first kappa shape index (κ1) is 18.8. The topological polar surface area (TPSA) is 84.1 Å². The number of ether oxygens (including phenoxy) is 1. The van der Waals surface area contributed by atoms with Crippen molar-refractivity contribution in [2.75, 3.05) is 19.7 Å². The first-order chi connectivity index (χ1) is 12.0. The Morgan fingerprint density at radius 3 is 2.64 bits per heavy atom. The number of fused-ring (bicyclic) bond motifs is 1. The Balaban J connectivity index is 2.47. The first-order valence-corrected chi connectivity index (χ1v) is 8.67. The Morgan fingerprint density at radius 1 is 1.28 bits per heavy atom. The van der Waals surface area contributed by atoms with E-state index in [2.05, 4.69) is 4.98 Å². The molecule has 0 atom stereocenters. The number of aliphatic carboxylic acids is 1. The minimum absolute atomic E-state index is 0.0753. The summed E-state index contributed by atoms with van der Waals surface area (Å²) in [5, 5.41) is 8.94.